The van der Waals surface area contributed by atoms with Crippen molar-refractivity contribution in [3.05, 3.63) is 72.6 Å². The predicted molar refractivity (Wildman–Crippen MR) is 152 cm³/mol. The van der Waals surface area contributed by atoms with Crippen LogP contribution in [-0.2, 0) is 17.6 Å². The summed E-state index contributed by atoms with van der Waals surface area (Å²) in [6.45, 7) is 11.6. The topological polar surface area (TPSA) is 66.1 Å². The molecule has 0 radical (unpaired) electrons. The molecule has 7 heteroatoms. The molecule has 0 spiro atoms. The Hall–Kier alpha value is -3.74. The largest absolute Gasteiger partial charge is 0.368 e. The fourth-order valence-corrected chi connectivity index (χ4v) is 5.52. The van der Waals surface area contributed by atoms with Gasteiger partial charge >= 0.3 is 0 Å². The number of aromatic nitrogens is 2. The van der Waals surface area contributed by atoms with E-state index in [1.54, 1.807) is 0 Å². The van der Waals surface area contributed by atoms with Gasteiger partial charge in [-0.3, -0.25) is 9.48 Å². The molecule has 1 saturated heterocycles. The minimum Gasteiger partial charge on any atom is -0.368 e. The molecule has 2 heterocycles. The van der Waals surface area contributed by atoms with Crippen molar-refractivity contribution < 1.29 is 4.79 Å². The van der Waals surface area contributed by atoms with Crippen molar-refractivity contribution in [2.75, 3.05) is 24.5 Å². The van der Waals surface area contributed by atoms with Crippen molar-refractivity contribution in [2.24, 2.45) is 9.98 Å². The molecule has 1 saturated carbocycles. The zero-order valence-electron chi connectivity index (χ0n) is 21.7. The van der Waals surface area contributed by atoms with E-state index in [1.807, 2.05) is 11.0 Å². The molecular formula is C30H36N6O. The number of fused-ring (bicyclic) bond motifs is 1. The van der Waals surface area contributed by atoms with Crippen LogP contribution in [0, 0.1) is 0 Å². The molecule has 1 aromatic heterocycles. The number of aryl methyl sites for hydroxylation is 1. The number of carbonyl (C=O) groups excluding carboxylic acids is 1. The molecule has 2 fully saturated rings. The second-order valence-electron chi connectivity index (χ2n) is 9.97. The van der Waals surface area contributed by atoms with Crippen LogP contribution in [0.3, 0.4) is 0 Å². The Morgan fingerprint density at radius 2 is 1.97 bits per heavy atom. The van der Waals surface area contributed by atoms with Crippen molar-refractivity contribution in [1.82, 2.24) is 14.7 Å². The number of hydrogen-bond acceptors (Lipinski definition) is 4. The van der Waals surface area contributed by atoms with Crippen LogP contribution in [0.1, 0.15) is 49.9 Å². The van der Waals surface area contributed by atoms with Gasteiger partial charge in [-0.15, -0.1) is 0 Å². The second-order valence-corrected chi connectivity index (χ2v) is 9.97. The highest BCUT2D eigenvalue weighted by Crippen LogP contribution is 2.36. The van der Waals surface area contributed by atoms with Gasteiger partial charge in [0, 0.05) is 36.9 Å². The lowest BCUT2D eigenvalue weighted by atomic mass is 9.93. The van der Waals surface area contributed by atoms with Gasteiger partial charge in [-0.2, -0.15) is 5.10 Å². The molecule has 1 aliphatic carbocycles. The molecule has 0 bridgehead atoms. The van der Waals surface area contributed by atoms with Crippen LogP contribution in [0.5, 0.6) is 0 Å². The van der Waals surface area contributed by atoms with Crippen molar-refractivity contribution >= 4 is 35.1 Å². The van der Waals surface area contributed by atoms with Gasteiger partial charge < -0.3 is 9.80 Å². The number of anilines is 1. The molecule has 3 aromatic rings. The van der Waals surface area contributed by atoms with E-state index >= 15 is 0 Å². The monoisotopic (exact) mass is 496 g/mol. The summed E-state index contributed by atoms with van der Waals surface area (Å²) in [6, 6.07) is 17.7. The molecule has 0 N–H and O–H groups in total. The highest BCUT2D eigenvalue weighted by molar-refractivity contribution is 6.02. The summed E-state index contributed by atoms with van der Waals surface area (Å²) in [5, 5.41) is 6.25. The highest BCUT2D eigenvalue weighted by Gasteiger charge is 2.32. The van der Waals surface area contributed by atoms with Gasteiger partial charge in [0.25, 0.3) is 0 Å². The minimum absolute atomic E-state index is 0.0275. The molecular weight excluding hydrogens is 460 g/mol. The van der Waals surface area contributed by atoms with Crippen molar-refractivity contribution in [1.29, 1.82) is 0 Å². The van der Waals surface area contributed by atoms with Gasteiger partial charge in [-0.1, -0.05) is 43.8 Å². The van der Waals surface area contributed by atoms with Gasteiger partial charge in [-0.05, 0) is 62.6 Å². The number of nitrogens with zero attached hydrogens (tertiary/aromatic N) is 6. The summed E-state index contributed by atoms with van der Waals surface area (Å²) in [6.07, 6.45) is 6.97. The molecule has 2 aromatic carbocycles. The van der Waals surface area contributed by atoms with Gasteiger partial charge in [0.2, 0.25) is 5.91 Å². The number of amidine groups is 1. The summed E-state index contributed by atoms with van der Waals surface area (Å²) >= 11 is 0. The predicted octanol–water partition coefficient (Wildman–Crippen LogP) is 5.22. The van der Waals surface area contributed by atoms with Crippen molar-refractivity contribution in [3.8, 4) is 0 Å². The van der Waals surface area contributed by atoms with Crippen molar-refractivity contribution in [3.63, 3.8) is 0 Å². The number of rotatable bonds is 8. The van der Waals surface area contributed by atoms with E-state index in [4.69, 9.17) is 5.10 Å². The molecule has 7 nitrogen and oxygen atoms in total. The maximum atomic E-state index is 13.3. The third kappa shape index (κ3) is 5.22. The van der Waals surface area contributed by atoms with E-state index in [2.05, 4.69) is 82.3 Å². The summed E-state index contributed by atoms with van der Waals surface area (Å²) in [4.78, 5) is 25.8. The summed E-state index contributed by atoms with van der Waals surface area (Å²) in [5.41, 5.74) is 4.83. The fraction of sp³-hybridized carbons (Fsp3) is 0.400. The Labute approximate surface area is 219 Å². The van der Waals surface area contributed by atoms with E-state index in [0.29, 0.717) is 18.4 Å². The minimum atomic E-state index is 0.0275. The Kier molecular flexibility index (Phi) is 7.49. The first kappa shape index (κ1) is 24.9. The van der Waals surface area contributed by atoms with Gasteiger partial charge in [0.1, 0.15) is 5.84 Å². The normalized spacial score (nSPS) is 18.6. The van der Waals surface area contributed by atoms with Crippen molar-refractivity contribution in [2.45, 2.75) is 57.5 Å². The Morgan fingerprint density at radius 3 is 2.65 bits per heavy atom. The van der Waals surface area contributed by atoms with Gasteiger partial charge in [0.15, 0.2) is 0 Å². The molecule has 1 amide bonds. The average molecular weight is 497 g/mol. The maximum absolute atomic E-state index is 13.3. The maximum Gasteiger partial charge on any atom is 0.230 e. The third-order valence-corrected chi connectivity index (χ3v) is 7.74. The Balaban J connectivity index is 1.42. The first-order valence-electron chi connectivity index (χ1n) is 13.3. The first-order valence-corrected chi connectivity index (χ1v) is 13.3. The first-order chi connectivity index (χ1) is 18.1. The molecule has 1 atom stereocenters. The molecule has 2 aliphatic rings. The lowest BCUT2D eigenvalue weighted by Gasteiger charge is -2.43. The van der Waals surface area contributed by atoms with E-state index in [9.17, 15) is 4.79 Å². The lowest BCUT2D eigenvalue weighted by Crippen LogP contribution is -2.56. The van der Waals surface area contributed by atoms with Crippen LogP contribution in [-0.4, -0.2) is 58.8 Å². The zero-order valence-corrected chi connectivity index (χ0v) is 21.7. The molecule has 1 aliphatic heterocycles. The van der Waals surface area contributed by atoms with Gasteiger partial charge in [-0.25, -0.2) is 9.98 Å². The molecule has 37 heavy (non-hydrogen) atoms. The SMILES string of the molecule is C=CN=C(CC(=O)N1CCN(c2ccc3c(CC)nn(C4CCC4)c3c2)C[C@@H]1Cc1ccccc1)N=C. The Bertz CT molecular complexity index is 1310. The average Bonchev–Trinajstić information content (AvgIpc) is 3.25. The molecule has 5 rings (SSSR count). The van der Waals surface area contributed by atoms with E-state index in [1.165, 1.54) is 53.3 Å². The lowest BCUT2D eigenvalue weighted by molar-refractivity contribution is -0.132. The number of carbonyl (C=O) groups is 1. The van der Waals surface area contributed by atoms with Crippen LogP contribution in [0.25, 0.3) is 10.9 Å². The van der Waals surface area contributed by atoms with E-state index in [-0.39, 0.29) is 18.4 Å². The summed E-state index contributed by atoms with van der Waals surface area (Å²) in [5.74, 6) is 0.432. The Morgan fingerprint density at radius 1 is 1.16 bits per heavy atom. The number of aliphatic imine (C=N–C) groups is 2. The third-order valence-electron chi connectivity index (χ3n) is 7.74. The standard InChI is InChI=1S/C30H36N6O/c1-4-27-26-15-14-24(19-28(26)36(33-27)23-12-9-13-23)34-16-17-35(30(37)20-29(31-3)32-5-2)25(21-34)18-22-10-7-6-8-11-22/h5-8,10-11,14-15,19,23,25H,2-4,9,12-13,16-18,20-21H2,1H3/t25-/m0/s1. The fourth-order valence-electron chi connectivity index (χ4n) is 5.52. The number of amides is 1. The summed E-state index contributed by atoms with van der Waals surface area (Å²) < 4.78 is 2.27. The van der Waals surface area contributed by atoms with Crippen LogP contribution < -0.4 is 4.90 Å². The number of piperazine rings is 1. The van der Waals surface area contributed by atoms with E-state index in [0.717, 1.165) is 25.9 Å². The smallest absolute Gasteiger partial charge is 0.230 e. The van der Waals surface area contributed by atoms with Crippen LogP contribution in [0.2, 0.25) is 0 Å². The van der Waals surface area contributed by atoms with Crippen LogP contribution in [0.15, 0.2) is 71.3 Å². The second kappa shape index (κ2) is 11.1. The van der Waals surface area contributed by atoms with Crippen LogP contribution in [0.4, 0.5) is 5.69 Å². The molecule has 0 unspecified atom stereocenters. The van der Waals surface area contributed by atoms with Crippen LogP contribution >= 0.6 is 0 Å². The van der Waals surface area contributed by atoms with Gasteiger partial charge in [0.05, 0.1) is 29.7 Å². The highest BCUT2D eigenvalue weighted by atomic mass is 16.2. The van der Waals surface area contributed by atoms with E-state index < -0.39 is 0 Å². The number of hydrogen-bond donors (Lipinski definition) is 0. The molecule has 192 valence electrons. The zero-order chi connectivity index (χ0) is 25.8. The summed E-state index contributed by atoms with van der Waals surface area (Å²) in [7, 11) is 0. The quantitative estimate of drug-likeness (QED) is 0.317. The number of benzene rings is 2.